The fourth-order valence-corrected chi connectivity index (χ4v) is 4.07. The van der Waals surface area contributed by atoms with E-state index in [4.69, 9.17) is 4.52 Å². The molecule has 1 saturated heterocycles. The Kier molecular flexibility index (Phi) is 5.43. The monoisotopic (exact) mass is 340 g/mol. The molecule has 25 heavy (non-hydrogen) atoms. The molecule has 5 heteroatoms. The summed E-state index contributed by atoms with van der Waals surface area (Å²) in [5.74, 6) is 1.66. The third kappa shape index (κ3) is 4.47. The topological polar surface area (TPSA) is 45.4 Å². The maximum atomic E-state index is 5.63. The second kappa shape index (κ2) is 8.11. The first-order chi connectivity index (χ1) is 12.4. The zero-order valence-electron chi connectivity index (χ0n) is 14.9. The molecule has 0 bridgehead atoms. The highest BCUT2D eigenvalue weighted by molar-refractivity contribution is 5.12. The number of pyridine rings is 1. The highest BCUT2D eigenvalue weighted by Crippen LogP contribution is 2.32. The molecule has 1 aliphatic heterocycles. The van der Waals surface area contributed by atoms with Gasteiger partial charge in [-0.2, -0.15) is 0 Å². The summed E-state index contributed by atoms with van der Waals surface area (Å²) in [5, 5.41) is 4.36. The molecule has 0 amide bonds. The van der Waals surface area contributed by atoms with Gasteiger partial charge in [-0.3, -0.25) is 14.8 Å². The normalized spacial score (nSPS) is 20.8. The molecule has 5 nitrogen and oxygen atoms in total. The van der Waals surface area contributed by atoms with Crippen molar-refractivity contribution < 1.29 is 4.52 Å². The lowest BCUT2D eigenvalue weighted by Gasteiger charge is -2.34. The lowest BCUT2D eigenvalue weighted by atomic mass is 9.87. The Morgan fingerprint density at radius 2 is 1.76 bits per heavy atom. The second-order valence-corrected chi connectivity index (χ2v) is 7.47. The van der Waals surface area contributed by atoms with Crippen molar-refractivity contribution in [2.24, 2.45) is 0 Å². The fourth-order valence-electron chi connectivity index (χ4n) is 4.07. The predicted octanol–water partition coefficient (Wildman–Crippen LogP) is 3.44. The van der Waals surface area contributed by atoms with Gasteiger partial charge in [-0.05, 0) is 24.5 Å². The second-order valence-electron chi connectivity index (χ2n) is 7.47. The van der Waals surface area contributed by atoms with Crippen LogP contribution >= 0.6 is 0 Å². The molecular weight excluding hydrogens is 312 g/mol. The zero-order valence-corrected chi connectivity index (χ0v) is 14.9. The quantitative estimate of drug-likeness (QED) is 0.834. The van der Waals surface area contributed by atoms with Crippen molar-refractivity contribution in [2.75, 3.05) is 26.2 Å². The minimum atomic E-state index is 0.627. The first-order valence-corrected chi connectivity index (χ1v) is 9.66. The van der Waals surface area contributed by atoms with Crippen molar-refractivity contribution in [3.05, 3.63) is 47.6 Å². The fraction of sp³-hybridized carbons (Fsp3) is 0.600. The molecule has 0 N–H and O–H groups in total. The summed E-state index contributed by atoms with van der Waals surface area (Å²) >= 11 is 0. The molecule has 0 unspecified atom stereocenters. The van der Waals surface area contributed by atoms with Gasteiger partial charge in [0.05, 0.1) is 12.2 Å². The van der Waals surface area contributed by atoms with E-state index in [1.165, 1.54) is 43.4 Å². The third-order valence-corrected chi connectivity index (χ3v) is 5.57. The number of nitrogens with zero attached hydrogens (tertiary/aromatic N) is 4. The number of hydrogen-bond acceptors (Lipinski definition) is 5. The Morgan fingerprint density at radius 1 is 1.00 bits per heavy atom. The Balaban J connectivity index is 1.25. The predicted molar refractivity (Wildman–Crippen MR) is 97.1 cm³/mol. The largest absolute Gasteiger partial charge is 0.360 e. The van der Waals surface area contributed by atoms with Crippen molar-refractivity contribution >= 4 is 0 Å². The number of rotatable bonds is 5. The van der Waals surface area contributed by atoms with Crippen molar-refractivity contribution in [3.8, 4) is 0 Å². The van der Waals surface area contributed by atoms with Crippen LogP contribution in [-0.2, 0) is 13.1 Å². The van der Waals surface area contributed by atoms with Crippen LogP contribution in [0, 0.1) is 0 Å². The molecule has 1 saturated carbocycles. The third-order valence-electron chi connectivity index (χ3n) is 5.57. The van der Waals surface area contributed by atoms with E-state index < -0.39 is 0 Å². The molecule has 1 aliphatic carbocycles. The molecule has 4 rings (SSSR count). The molecule has 0 radical (unpaired) electrons. The van der Waals surface area contributed by atoms with Crippen LogP contribution < -0.4 is 0 Å². The molecule has 0 spiro atoms. The van der Waals surface area contributed by atoms with Crippen LogP contribution in [0.15, 0.2) is 35.1 Å². The molecule has 2 aromatic rings. The van der Waals surface area contributed by atoms with Gasteiger partial charge < -0.3 is 4.52 Å². The van der Waals surface area contributed by atoms with E-state index >= 15 is 0 Å². The van der Waals surface area contributed by atoms with Crippen molar-refractivity contribution in [3.63, 3.8) is 0 Å². The van der Waals surface area contributed by atoms with Crippen LogP contribution in [0.3, 0.4) is 0 Å². The van der Waals surface area contributed by atoms with Gasteiger partial charge in [-0.25, -0.2) is 0 Å². The maximum Gasteiger partial charge on any atom is 0.150 e. The highest BCUT2D eigenvalue weighted by atomic mass is 16.5. The van der Waals surface area contributed by atoms with Gasteiger partial charge in [0.1, 0.15) is 0 Å². The van der Waals surface area contributed by atoms with Crippen LogP contribution in [0.5, 0.6) is 0 Å². The molecule has 0 aromatic carbocycles. The summed E-state index contributed by atoms with van der Waals surface area (Å²) < 4.78 is 5.63. The Hall–Kier alpha value is -1.72. The molecule has 134 valence electrons. The van der Waals surface area contributed by atoms with Crippen molar-refractivity contribution in [1.29, 1.82) is 0 Å². The van der Waals surface area contributed by atoms with E-state index in [0.717, 1.165) is 45.0 Å². The minimum absolute atomic E-state index is 0.627. The molecule has 2 aromatic heterocycles. The van der Waals surface area contributed by atoms with E-state index in [9.17, 15) is 0 Å². The van der Waals surface area contributed by atoms with E-state index in [1.54, 1.807) is 0 Å². The first-order valence-electron chi connectivity index (χ1n) is 9.66. The molecule has 2 fully saturated rings. The van der Waals surface area contributed by atoms with E-state index in [-0.39, 0.29) is 0 Å². The average Bonchev–Trinajstić information content (AvgIpc) is 3.14. The SMILES string of the molecule is c1cncc(CN2CCN(Cc3cc(C4CCCCC4)no3)CC2)c1. The summed E-state index contributed by atoms with van der Waals surface area (Å²) in [6.07, 6.45) is 10.4. The Bertz CT molecular complexity index is 643. The average molecular weight is 340 g/mol. The number of aromatic nitrogens is 2. The van der Waals surface area contributed by atoms with E-state index in [0.29, 0.717) is 5.92 Å². The van der Waals surface area contributed by atoms with Gasteiger partial charge in [0, 0.05) is 57.1 Å². The summed E-state index contributed by atoms with van der Waals surface area (Å²) in [4.78, 5) is 9.18. The molecular formula is C20H28N4O. The maximum absolute atomic E-state index is 5.63. The van der Waals surface area contributed by atoms with Crippen LogP contribution in [0.25, 0.3) is 0 Å². The van der Waals surface area contributed by atoms with Crippen LogP contribution in [-0.4, -0.2) is 46.1 Å². The van der Waals surface area contributed by atoms with E-state index in [1.807, 2.05) is 18.5 Å². The zero-order chi connectivity index (χ0) is 16.9. The van der Waals surface area contributed by atoms with Crippen molar-refractivity contribution in [2.45, 2.75) is 51.1 Å². The lowest BCUT2D eigenvalue weighted by Crippen LogP contribution is -2.45. The number of hydrogen-bond donors (Lipinski definition) is 0. The van der Waals surface area contributed by atoms with Gasteiger partial charge in [-0.1, -0.05) is 30.5 Å². The molecule has 0 atom stereocenters. The van der Waals surface area contributed by atoms with Gasteiger partial charge >= 0.3 is 0 Å². The van der Waals surface area contributed by atoms with Gasteiger partial charge in [0.2, 0.25) is 0 Å². The van der Waals surface area contributed by atoms with Gasteiger partial charge in [-0.15, -0.1) is 0 Å². The molecule has 3 heterocycles. The van der Waals surface area contributed by atoms with Crippen LogP contribution in [0.2, 0.25) is 0 Å². The summed E-state index contributed by atoms with van der Waals surface area (Å²) in [6, 6.07) is 6.37. The van der Waals surface area contributed by atoms with Crippen LogP contribution in [0.1, 0.15) is 55.0 Å². The summed E-state index contributed by atoms with van der Waals surface area (Å²) in [6.45, 7) is 6.24. The summed E-state index contributed by atoms with van der Waals surface area (Å²) in [5.41, 5.74) is 2.48. The van der Waals surface area contributed by atoms with E-state index in [2.05, 4.69) is 32.1 Å². The molecule has 2 aliphatic rings. The van der Waals surface area contributed by atoms with Gasteiger partial charge in [0.15, 0.2) is 5.76 Å². The number of piperazine rings is 1. The first kappa shape index (κ1) is 16.7. The highest BCUT2D eigenvalue weighted by Gasteiger charge is 2.22. The smallest absolute Gasteiger partial charge is 0.150 e. The van der Waals surface area contributed by atoms with Crippen molar-refractivity contribution in [1.82, 2.24) is 19.9 Å². The van der Waals surface area contributed by atoms with Crippen LogP contribution in [0.4, 0.5) is 0 Å². The minimum Gasteiger partial charge on any atom is -0.360 e. The Labute approximate surface area is 150 Å². The standard InChI is InChI=1S/C20H28N4O/c1-2-6-18(7-3-1)20-13-19(25-22-20)16-24-11-9-23(10-12-24)15-17-5-4-8-21-14-17/h4-5,8,13-14,18H,1-3,6-7,9-12,15-16H2. The lowest BCUT2D eigenvalue weighted by molar-refractivity contribution is 0.113. The Morgan fingerprint density at radius 3 is 2.48 bits per heavy atom. The summed E-state index contributed by atoms with van der Waals surface area (Å²) in [7, 11) is 0. The van der Waals surface area contributed by atoms with Gasteiger partial charge in [0.25, 0.3) is 0 Å².